The Balaban J connectivity index is 2.24. The molecule has 1 aromatic carbocycles. The Kier molecular flexibility index (Phi) is 3.78. The van der Waals surface area contributed by atoms with Gasteiger partial charge in [-0.3, -0.25) is 0 Å². The van der Waals surface area contributed by atoms with Crippen LogP contribution in [0.4, 0.5) is 10.1 Å². The predicted octanol–water partition coefficient (Wildman–Crippen LogP) is 2.32. The van der Waals surface area contributed by atoms with E-state index in [0.29, 0.717) is 6.54 Å². The van der Waals surface area contributed by atoms with Crippen LogP contribution in [-0.4, -0.2) is 19.6 Å². The van der Waals surface area contributed by atoms with Crippen molar-refractivity contribution in [3.05, 3.63) is 29.6 Å². The van der Waals surface area contributed by atoms with Gasteiger partial charge in [0, 0.05) is 24.3 Å². The van der Waals surface area contributed by atoms with Gasteiger partial charge in [-0.05, 0) is 44.4 Å². The number of hydrogen-bond donors (Lipinski definition) is 1. The van der Waals surface area contributed by atoms with Gasteiger partial charge in [0.15, 0.2) is 0 Å². The molecule has 0 amide bonds. The van der Waals surface area contributed by atoms with Gasteiger partial charge >= 0.3 is 0 Å². The largest absolute Gasteiger partial charge is 0.371 e. The second kappa shape index (κ2) is 5.30. The Morgan fingerprint density at radius 1 is 1.25 bits per heavy atom. The van der Waals surface area contributed by atoms with Gasteiger partial charge in [-0.2, -0.15) is 0 Å². The molecule has 1 aromatic rings. The Hall–Kier alpha value is -1.09. The maximum atomic E-state index is 13.8. The van der Waals surface area contributed by atoms with Crippen molar-refractivity contribution in [2.24, 2.45) is 5.73 Å². The second-order valence-electron chi connectivity index (χ2n) is 4.32. The first kappa shape index (κ1) is 11.4. The highest BCUT2D eigenvalue weighted by Gasteiger charge is 2.17. The molecule has 2 N–H and O–H groups in total. The van der Waals surface area contributed by atoms with Crippen molar-refractivity contribution in [2.75, 3.05) is 24.5 Å². The molecule has 1 aliphatic heterocycles. The van der Waals surface area contributed by atoms with Gasteiger partial charge in [0.05, 0.1) is 0 Å². The van der Waals surface area contributed by atoms with Crippen LogP contribution in [0, 0.1) is 5.82 Å². The van der Waals surface area contributed by atoms with E-state index < -0.39 is 0 Å². The smallest absolute Gasteiger partial charge is 0.128 e. The van der Waals surface area contributed by atoms with Crippen LogP contribution in [0.25, 0.3) is 0 Å². The van der Waals surface area contributed by atoms with Crippen molar-refractivity contribution < 1.29 is 4.39 Å². The third kappa shape index (κ3) is 2.35. The Bertz CT molecular complexity index is 346. The summed E-state index contributed by atoms with van der Waals surface area (Å²) in [6.07, 6.45) is 4.02. The molecule has 0 aromatic heterocycles. The molecule has 2 nitrogen and oxygen atoms in total. The van der Waals surface area contributed by atoms with E-state index >= 15 is 0 Å². The van der Waals surface area contributed by atoms with Crippen LogP contribution >= 0.6 is 0 Å². The van der Waals surface area contributed by atoms with Crippen molar-refractivity contribution in [2.45, 2.75) is 25.7 Å². The maximum absolute atomic E-state index is 13.8. The van der Waals surface area contributed by atoms with Crippen LogP contribution < -0.4 is 10.6 Å². The summed E-state index contributed by atoms with van der Waals surface area (Å²) in [4.78, 5) is 2.29. The summed E-state index contributed by atoms with van der Waals surface area (Å²) in [6, 6.07) is 5.38. The highest BCUT2D eigenvalue weighted by atomic mass is 19.1. The van der Waals surface area contributed by atoms with Gasteiger partial charge in [0.1, 0.15) is 5.82 Å². The van der Waals surface area contributed by atoms with E-state index in [9.17, 15) is 4.39 Å². The predicted molar refractivity (Wildman–Crippen MR) is 65.2 cm³/mol. The summed E-state index contributed by atoms with van der Waals surface area (Å²) < 4.78 is 13.8. The minimum atomic E-state index is -0.0853. The summed E-state index contributed by atoms with van der Waals surface area (Å²) in [7, 11) is 0. The Morgan fingerprint density at radius 2 is 2.00 bits per heavy atom. The third-order valence-corrected chi connectivity index (χ3v) is 3.17. The number of benzene rings is 1. The van der Waals surface area contributed by atoms with E-state index in [1.807, 2.05) is 6.07 Å². The van der Waals surface area contributed by atoms with Gasteiger partial charge in [-0.1, -0.05) is 6.07 Å². The molecule has 0 saturated carbocycles. The van der Waals surface area contributed by atoms with E-state index in [4.69, 9.17) is 5.73 Å². The molecule has 16 heavy (non-hydrogen) atoms. The first-order valence-electron chi connectivity index (χ1n) is 6.05. The second-order valence-corrected chi connectivity index (χ2v) is 4.32. The molecule has 0 aliphatic carbocycles. The maximum Gasteiger partial charge on any atom is 0.128 e. The van der Waals surface area contributed by atoms with E-state index in [0.717, 1.165) is 37.2 Å². The Morgan fingerprint density at radius 3 is 2.69 bits per heavy atom. The minimum absolute atomic E-state index is 0.0853. The number of anilines is 1. The number of nitrogens with two attached hydrogens (primary N) is 1. The fourth-order valence-electron chi connectivity index (χ4n) is 2.33. The normalized spacial score (nSPS) is 15.8. The molecule has 2 rings (SSSR count). The average molecular weight is 222 g/mol. The zero-order valence-electron chi connectivity index (χ0n) is 9.58. The molecule has 1 aliphatic rings. The number of halogens is 1. The average Bonchev–Trinajstić information content (AvgIpc) is 2.80. The first-order chi connectivity index (χ1) is 7.83. The van der Waals surface area contributed by atoms with Gasteiger partial charge in [-0.15, -0.1) is 0 Å². The van der Waals surface area contributed by atoms with Gasteiger partial charge in [0.2, 0.25) is 0 Å². The standard InChI is InChI=1S/C13H19FN2/c14-12-6-3-7-13(11(12)5-4-8-15)16-9-1-2-10-16/h3,6-7H,1-2,4-5,8-10,15H2. The lowest BCUT2D eigenvalue weighted by atomic mass is 10.1. The lowest BCUT2D eigenvalue weighted by Crippen LogP contribution is -2.20. The fraction of sp³-hybridized carbons (Fsp3) is 0.538. The topological polar surface area (TPSA) is 29.3 Å². The van der Waals surface area contributed by atoms with Crippen molar-refractivity contribution in [3.63, 3.8) is 0 Å². The van der Waals surface area contributed by atoms with Crippen molar-refractivity contribution in [3.8, 4) is 0 Å². The van der Waals surface area contributed by atoms with Gasteiger partial charge in [-0.25, -0.2) is 4.39 Å². The molecule has 1 saturated heterocycles. The molecule has 0 unspecified atom stereocenters. The lowest BCUT2D eigenvalue weighted by Gasteiger charge is -2.21. The highest BCUT2D eigenvalue weighted by Crippen LogP contribution is 2.27. The summed E-state index contributed by atoms with van der Waals surface area (Å²) in [5.74, 6) is -0.0853. The van der Waals surface area contributed by atoms with Gasteiger partial charge < -0.3 is 10.6 Å². The monoisotopic (exact) mass is 222 g/mol. The molecular formula is C13H19FN2. The van der Waals surface area contributed by atoms with Crippen molar-refractivity contribution in [1.82, 2.24) is 0 Å². The molecular weight excluding hydrogens is 203 g/mol. The Labute approximate surface area is 96.2 Å². The molecule has 0 atom stereocenters. The highest BCUT2D eigenvalue weighted by molar-refractivity contribution is 5.54. The van der Waals surface area contributed by atoms with Crippen LogP contribution in [0.5, 0.6) is 0 Å². The molecule has 0 radical (unpaired) electrons. The van der Waals surface area contributed by atoms with Crippen LogP contribution in [-0.2, 0) is 6.42 Å². The fourth-order valence-corrected chi connectivity index (χ4v) is 2.33. The number of hydrogen-bond acceptors (Lipinski definition) is 2. The molecule has 0 bridgehead atoms. The van der Waals surface area contributed by atoms with E-state index in [-0.39, 0.29) is 5.82 Å². The van der Waals surface area contributed by atoms with Crippen molar-refractivity contribution >= 4 is 5.69 Å². The number of nitrogens with zero attached hydrogens (tertiary/aromatic N) is 1. The minimum Gasteiger partial charge on any atom is -0.371 e. The van der Waals surface area contributed by atoms with Crippen LogP contribution in [0.2, 0.25) is 0 Å². The number of rotatable bonds is 4. The summed E-state index contributed by atoms with van der Waals surface area (Å²) in [6.45, 7) is 2.73. The zero-order chi connectivity index (χ0) is 11.4. The van der Waals surface area contributed by atoms with E-state index in [1.54, 1.807) is 12.1 Å². The van der Waals surface area contributed by atoms with Crippen molar-refractivity contribution in [1.29, 1.82) is 0 Å². The summed E-state index contributed by atoms with van der Waals surface area (Å²) in [5, 5.41) is 0. The van der Waals surface area contributed by atoms with Crippen LogP contribution in [0.15, 0.2) is 18.2 Å². The zero-order valence-corrected chi connectivity index (χ0v) is 9.58. The summed E-state index contributed by atoms with van der Waals surface area (Å²) >= 11 is 0. The quantitative estimate of drug-likeness (QED) is 0.847. The molecule has 0 spiro atoms. The molecule has 1 fully saturated rings. The third-order valence-electron chi connectivity index (χ3n) is 3.17. The molecule has 1 heterocycles. The lowest BCUT2D eigenvalue weighted by molar-refractivity contribution is 0.604. The van der Waals surface area contributed by atoms with Crippen LogP contribution in [0.1, 0.15) is 24.8 Å². The molecule has 88 valence electrons. The summed E-state index contributed by atoms with van der Waals surface area (Å²) in [5.41, 5.74) is 7.41. The van der Waals surface area contributed by atoms with Crippen LogP contribution in [0.3, 0.4) is 0 Å². The SMILES string of the molecule is NCCCc1c(F)cccc1N1CCCC1. The first-order valence-corrected chi connectivity index (χ1v) is 6.05. The van der Waals surface area contributed by atoms with E-state index in [1.165, 1.54) is 12.8 Å². The molecule has 3 heteroatoms. The van der Waals surface area contributed by atoms with E-state index in [2.05, 4.69) is 4.90 Å². The van der Waals surface area contributed by atoms with Gasteiger partial charge in [0.25, 0.3) is 0 Å².